The summed E-state index contributed by atoms with van der Waals surface area (Å²) in [6.07, 6.45) is -0.935. The molecule has 0 heterocycles. The summed E-state index contributed by atoms with van der Waals surface area (Å²) in [6.45, 7) is 13.8. The van der Waals surface area contributed by atoms with Crippen molar-refractivity contribution in [3.05, 3.63) is 12.2 Å². The average Bonchev–Trinajstić information content (AvgIpc) is 2.20. The molecular weight excluding hydrogens is 291 g/mol. The Bertz CT molecular complexity index is 400. The average molecular weight is 321 g/mol. The van der Waals surface area contributed by atoms with Crippen LogP contribution in [0.5, 0.6) is 0 Å². The van der Waals surface area contributed by atoms with Crippen molar-refractivity contribution in [1.82, 2.24) is 5.32 Å². The van der Waals surface area contributed by atoms with Crippen molar-refractivity contribution in [2.75, 3.05) is 0 Å². The van der Waals surface area contributed by atoms with Gasteiger partial charge in [-0.3, -0.25) is 4.79 Å². The predicted octanol–water partition coefficient (Wildman–Crippen LogP) is 5.24. The third kappa shape index (κ3) is 7.32. The summed E-state index contributed by atoms with van der Waals surface area (Å²) in [7, 11) is 0. The second-order valence-electron chi connectivity index (χ2n) is 8.12. The fraction of sp³-hybridized carbons (Fsp3) is 0.824. The molecule has 0 aromatic rings. The van der Waals surface area contributed by atoms with Crippen molar-refractivity contribution in [3.8, 4) is 0 Å². The maximum absolute atomic E-state index is 12.5. The lowest BCUT2D eigenvalue weighted by Gasteiger charge is -2.45. The Kier molecular flexibility index (Phi) is 6.73. The minimum atomic E-state index is -4.49. The van der Waals surface area contributed by atoms with E-state index in [0.29, 0.717) is 6.42 Å². The Morgan fingerprint density at radius 3 is 1.82 bits per heavy atom. The van der Waals surface area contributed by atoms with Crippen LogP contribution in [0.4, 0.5) is 13.2 Å². The van der Waals surface area contributed by atoms with Gasteiger partial charge in [0.25, 0.3) is 0 Å². The van der Waals surface area contributed by atoms with E-state index in [2.05, 4.69) is 26.1 Å². The third-order valence-electron chi connectivity index (χ3n) is 3.78. The van der Waals surface area contributed by atoms with Crippen LogP contribution in [0.3, 0.4) is 0 Å². The number of rotatable bonds is 5. The lowest BCUT2D eigenvalue weighted by atomic mass is 9.68. The highest BCUT2D eigenvalue weighted by atomic mass is 19.4. The zero-order valence-electron chi connectivity index (χ0n) is 14.8. The van der Waals surface area contributed by atoms with Gasteiger partial charge in [-0.2, -0.15) is 13.2 Å². The monoisotopic (exact) mass is 321 g/mol. The van der Waals surface area contributed by atoms with E-state index in [1.165, 1.54) is 0 Å². The second-order valence-corrected chi connectivity index (χ2v) is 8.12. The van der Waals surface area contributed by atoms with Crippen LogP contribution in [0, 0.1) is 10.8 Å². The zero-order chi connectivity index (χ0) is 17.8. The van der Waals surface area contributed by atoms with Gasteiger partial charge in [0.1, 0.15) is 6.42 Å². The van der Waals surface area contributed by atoms with Gasteiger partial charge in [0.15, 0.2) is 0 Å². The molecule has 5 heteroatoms. The molecule has 0 aromatic heterocycles. The predicted molar refractivity (Wildman–Crippen MR) is 84.5 cm³/mol. The molecular formula is C17H30F3NO. The summed E-state index contributed by atoms with van der Waals surface area (Å²) >= 11 is 0. The molecule has 1 unspecified atom stereocenters. The fourth-order valence-corrected chi connectivity index (χ4v) is 2.33. The Labute approximate surface area is 132 Å². The van der Waals surface area contributed by atoms with Gasteiger partial charge in [-0.05, 0) is 30.6 Å². The van der Waals surface area contributed by atoms with Gasteiger partial charge >= 0.3 is 6.18 Å². The van der Waals surface area contributed by atoms with Crippen LogP contribution in [0.1, 0.15) is 67.7 Å². The van der Waals surface area contributed by atoms with Crippen LogP contribution in [0.2, 0.25) is 0 Å². The van der Waals surface area contributed by atoms with E-state index in [-0.39, 0.29) is 5.41 Å². The summed E-state index contributed by atoms with van der Waals surface area (Å²) in [6, 6.07) is 0. The van der Waals surface area contributed by atoms with E-state index in [4.69, 9.17) is 0 Å². The summed E-state index contributed by atoms with van der Waals surface area (Å²) in [4.78, 5) is 11.9. The Hall–Kier alpha value is -1.00. The quantitative estimate of drug-likeness (QED) is 0.689. The number of halogens is 3. The number of nitrogens with one attached hydrogen (secondary N) is 1. The van der Waals surface area contributed by atoms with Gasteiger partial charge in [0, 0.05) is 0 Å². The first kappa shape index (κ1) is 21.0. The van der Waals surface area contributed by atoms with Gasteiger partial charge in [-0.1, -0.05) is 53.7 Å². The molecule has 0 rings (SSSR count). The van der Waals surface area contributed by atoms with Gasteiger partial charge in [-0.25, -0.2) is 0 Å². The number of allylic oxidation sites excluding steroid dienone is 1. The first-order chi connectivity index (χ1) is 9.62. The van der Waals surface area contributed by atoms with Crippen molar-refractivity contribution in [2.45, 2.75) is 79.4 Å². The Balaban J connectivity index is 5.43. The minimum absolute atomic E-state index is 0.0346. The van der Waals surface area contributed by atoms with Crippen LogP contribution >= 0.6 is 0 Å². The highest BCUT2D eigenvalue weighted by Gasteiger charge is 2.43. The van der Waals surface area contributed by atoms with E-state index in [0.717, 1.165) is 6.42 Å². The summed E-state index contributed by atoms with van der Waals surface area (Å²) in [5.74, 6) is -0.977. The van der Waals surface area contributed by atoms with E-state index in [1.807, 2.05) is 33.8 Å². The molecule has 0 saturated heterocycles. The molecule has 0 radical (unpaired) electrons. The summed E-state index contributed by atoms with van der Waals surface area (Å²) < 4.78 is 37.4. The molecule has 2 nitrogen and oxygen atoms in total. The molecule has 0 aliphatic heterocycles. The number of carbonyl (C=O) groups is 1. The van der Waals surface area contributed by atoms with Crippen molar-refractivity contribution >= 4 is 5.91 Å². The molecule has 0 spiro atoms. The van der Waals surface area contributed by atoms with Crippen LogP contribution in [-0.2, 0) is 4.79 Å². The molecule has 22 heavy (non-hydrogen) atoms. The van der Waals surface area contributed by atoms with Crippen molar-refractivity contribution < 1.29 is 18.0 Å². The summed E-state index contributed by atoms with van der Waals surface area (Å²) in [5, 5.41) is 2.65. The van der Waals surface area contributed by atoms with E-state index < -0.39 is 29.5 Å². The fourth-order valence-electron chi connectivity index (χ4n) is 2.33. The van der Waals surface area contributed by atoms with Crippen LogP contribution < -0.4 is 5.32 Å². The normalized spacial score (nSPS) is 16.6. The van der Waals surface area contributed by atoms with Crippen molar-refractivity contribution in [1.29, 1.82) is 0 Å². The molecule has 1 N–H and O–H groups in total. The lowest BCUT2D eigenvalue weighted by Crippen LogP contribution is -2.56. The minimum Gasteiger partial charge on any atom is -0.346 e. The number of hydrogen-bond donors (Lipinski definition) is 1. The number of hydrogen-bond acceptors (Lipinski definition) is 1. The highest BCUT2D eigenvalue weighted by molar-refractivity contribution is 5.78. The first-order valence-electron chi connectivity index (χ1n) is 7.63. The lowest BCUT2D eigenvalue weighted by molar-refractivity contribution is -0.155. The smallest absolute Gasteiger partial charge is 0.346 e. The number of alkyl halides is 3. The molecule has 0 fully saturated rings. The van der Waals surface area contributed by atoms with E-state index in [9.17, 15) is 18.0 Å². The molecule has 1 amide bonds. The van der Waals surface area contributed by atoms with E-state index >= 15 is 0 Å². The van der Waals surface area contributed by atoms with Crippen LogP contribution in [-0.4, -0.2) is 17.6 Å². The second kappa shape index (κ2) is 7.05. The molecule has 1 atom stereocenters. The largest absolute Gasteiger partial charge is 0.397 e. The maximum atomic E-state index is 12.5. The van der Waals surface area contributed by atoms with Crippen LogP contribution in [0.15, 0.2) is 12.2 Å². The molecule has 130 valence electrons. The van der Waals surface area contributed by atoms with Crippen molar-refractivity contribution in [3.63, 3.8) is 0 Å². The molecule has 0 aliphatic carbocycles. The van der Waals surface area contributed by atoms with Crippen molar-refractivity contribution in [2.24, 2.45) is 10.8 Å². The number of amides is 1. The maximum Gasteiger partial charge on any atom is 0.397 e. The van der Waals surface area contributed by atoms with Gasteiger partial charge < -0.3 is 5.32 Å². The molecule has 0 aliphatic rings. The standard InChI is InChI=1S/C17H30F3NO/c1-8-9-16(15(5,6)7,11-10-14(2,3)4)21-13(22)12-17(18,19)20/h8-9H,10-12H2,1-7H3,(H,21,22). The first-order valence-corrected chi connectivity index (χ1v) is 7.63. The topological polar surface area (TPSA) is 29.1 Å². The van der Waals surface area contributed by atoms with Crippen LogP contribution in [0.25, 0.3) is 0 Å². The highest BCUT2D eigenvalue weighted by Crippen LogP contribution is 2.39. The van der Waals surface area contributed by atoms with Gasteiger partial charge in [0.2, 0.25) is 5.91 Å². The molecule has 0 aromatic carbocycles. The van der Waals surface area contributed by atoms with Gasteiger partial charge in [-0.15, -0.1) is 0 Å². The Morgan fingerprint density at radius 2 is 1.50 bits per heavy atom. The van der Waals surface area contributed by atoms with E-state index in [1.54, 1.807) is 6.08 Å². The Morgan fingerprint density at radius 1 is 1.00 bits per heavy atom. The molecule has 0 saturated carbocycles. The third-order valence-corrected chi connectivity index (χ3v) is 3.78. The van der Waals surface area contributed by atoms with Gasteiger partial charge in [0.05, 0.1) is 5.54 Å². The summed E-state index contributed by atoms with van der Waals surface area (Å²) in [5.41, 5.74) is -1.16. The molecule has 0 bridgehead atoms. The number of carbonyl (C=O) groups excluding carboxylic acids is 1. The zero-order valence-corrected chi connectivity index (χ0v) is 14.8. The SMILES string of the molecule is CC=CC(CCC(C)(C)C)(NC(=O)CC(F)(F)F)C(C)(C)C.